The second-order valence-electron chi connectivity index (χ2n) is 9.65. The number of likely N-dealkylation sites (tertiary alicyclic amines) is 1. The smallest absolute Gasteiger partial charge is 0.305 e. The average molecular weight is 633 g/mol. The number of fused-ring (bicyclic) bond motifs is 2. The molecule has 39 heavy (non-hydrogen) atoms. The lowest BCUT2D eigenvalue weighted by molar-refractivity contribution is -0.134. The van der Waals surface area contributed by atoms with E-state index in [4.69, 9.17) is 4.74 Å². The first-order valence-electron chi connectivity index (χ1n) is 12.5. The van der Waals surface area contributed by atoms with E-state index in [0.717, 1.165) is 51.7 Å². The van der Waals surface area contributed by atoms with Crippen LogP contribution in [0.1, 0.15) is 35.6 Å². The highest BCUT2D eigenvalue weighted by atomic mass is 79.9. The van der Waals surface area contributed by atoms with E-state index >= 15 is 0 Å². The molecule has 0 radical (unpaired) electrons. The molecule has 3 aliphatic heterocycles. The second-order valence-corrected chi connectivity index (χ2v) is 12.7. The fraction of sp³-hybridized carbons (Fsp3) is 0.333. The Morgan fingerprint density at radius 1 is 1.05 bits per heavy atom. The normalized spacial score (nSPS) is 22.6. The summed E-state index contributed by atoms with van der Waals surface area (Å²) >= 11 is 5.66. The van der Waals surface area contributed by atoms with Crippen LogP contribution in [0.3, 0.4) is 0 Å². The number of carbonyl (C=O) groups excluding carboxylic acids is 3. The van der Waals surface area contributed by atoms with Gasteiger partial charge >= 0.3 is 4.87 Å². The molecule has 6 rings (SSSR count). The zero-order valence-corrected chi connectivity index (χ0v) is 23.7. The van der Waals surface area contributed by atoms with Gasteiger partial charge in [-0.1, -0.05) is 39.0 Å². The monoisotopic (exact) mass is 631 g/mol. The number of hydrogen-bond donors (Lipinski definition) is 1. The molecule has 2 fully saturated rings. The van der Waals surface area contributed by atoms with Crippen molar-refractivity contribution >= 4 is 62.4 Å². The second kappa shape index (κ2) is 10.5. The van der Waals surface area contributed by atoms with Gasteiger partial charge in [-0.2, -0.15) is 0 Å². The van der Waals surface area contributed by atoms with Crippen LogP contribution < -0.4 is 14.5 Å². The number of H-pyrrole nitrogens is 1. The van der Waals surface area contributed by atoms with Crippen molar-refractivity contribution in [3.63, 3.8) is 0 Å². The molecule has 3 atom stereocenters. The van der Waals surface area contributed by atoms with Gasteiger partial charge in [-0.3, -0.25) is 19.2 Å². The number of halogens is 2. The molecule has 3 aromatic rings. The summed E-state index contributed by atoms with van der Waals surface area (Å²) < 4.78 is 20.4. The molecule has 3 amide bonds. The number of carbonyl (C=O) groups is 3. The Bertz CT molecular complexity index is 1520. The van der Waals surface area contributed by atoms with E-state index in [1.165, 1.54) is 24.3 Å². The Morgan fingerprint density at radius 3 is 2.54 bits per heavy atom. The van der Waals surface area contributed by atoms with Crippen molar-refractivity contribution in [1.29, 1.82) is 0 Å². The molecule has 3 aliphatic rings. The number of benzene rings is 2. The van der Waals surface area contributed by atoms with Crippen molar-refractivity contribution < 1.29 is 23.5 Å². The molecular weight excluding hydrogens is 609 g/mol. The highest BCUT2D eigenvalue weighted by molar-refractivity contribution is 9.10. The fourth-order valence-corrected chi connectivity index (χ4v) is 8.35. The highest BCUT2D eigenvalue weighted by Crippen LogP contribution is 2.54. The molecule has 1 N–H and O–H groups in total. The Hall–Kier alpha value is -2.96. The maximum atomic E-state index is 13.9. The summed E-state index contributed by atoms with van der Waals surface area (Å²) in [5.41, 5.74) is 0.888. The van der Waals surface area contributed by atoms with Gasteiger partial charge in [0.25, 0.3) is 5.91 Å². The number of nitrogens with zero attached hydrogens (tertiary/aromatic N) is 2. The minimum atomic E-state index is -0.832. The van der Waals surface area contributed by atoms with Gasteiger partial charge in [0.15, 0.2) is 6.61 Å². The lowest BCUT2D eigenvalue weighted by Crippen LogP contribution is -2.38. The summed E-state index contributed by atoms with van der Waals surface area (Å²) in [6.07, 6.45) is 3.04. The minimum Gasteiger partial charge on any atom is -0.483 e. The van der Waals surface area contributed by atoms with E-state index in [2.05, 4.69) is 20.9 Å². The van der Waals surface area contributed by atoms with Gasteiger partial charge in [-0.25, -0.2) is 9.29 Å². The highest BCUT2D eigenvalue weighted by Gasteiger charge is 2.56. The average Bonchev–Trinajstić information content (AvgIpc) is 3.43. The zero-order valence-electron chi connectivity index (χ0n) is 20.5. The topological polar surface area (TPSA) is 99.8 Å². The first-order chi connectivity index (χ1) is 18.8. The molecule has 8 nitrogen and oxygen atoms in total. The van der Waals surface area contributed by atoms with Gasteiger partial charge in [0, 0.05) is 33.9 Å². The molecule has 0 aliphatic carbocycles. The van der Waals surface area contributed by atoms with Crippen LogP contribution in [-0.4, -0.2) is 52.6 Å². The third-order valence-corrected chi connectivity index (χ3v) is 10.2. The molecule has 1 aromatic heterocycles. The Balaban J connectivity index is 1.39. The summed E-state index contributed by atoms with van der Waals surface area (Å²) in [6, 6.07) is 10.5. The predicted molar refractivity (Wildman–Crippen MR) is 149 cm³/mol. The maximum absolute atomic E-state index is 13.9. The quantitative estimate of drug-likeness (QED) is 0.416. The van der Waals surface area contributed by atoms with Crippen LogP contribution in [0, 0.1) is 11.7 Å². The lowest BCUT2D eigenvalue weighted by atomic mass is 9.82. The number of aromatic amines is 1. The first-order valence-corrected chi connectivity index (χ1v) is 15.0. The Kier molecular flexibility index (Phi) is 7.11. The molecule has 2 aromatic carbocycles. The number of thioether (sulfide) groups is 1. The van der Waals surface area contributed by atoms with Gasteiger partial charge in [0.1, 0.15) is 16.8 Å². The number of rotatable bonds is 5. The number of aromatic nitrogens is 1. The number of nitrogens with one attached hydrogen (secondary N) is 1. The molecule has 0 spiro atoms. The number of thiazole rings is 1. The molecule has 12 heteroatoms. The number of ether oxygens (including phenoxy) is 1. The zero-order chi connectivity index (χ0) is 27.3. The lowest BCUT2D eigenvalue weighted by Gasteiger charge is -2.31. The van der Waals surface area contributed by atoms with Gasteiger partial charge < -0.3 is 14.6 Å². The standard InChI is InChI=1S/C27H23BrFN3O5S2/c28-14-4-9-18(37-13-19(33)31-10-2-1-3-11-31)17(12-14)20-21-23(38-24-22(20)39-27(36)30-24)26(35)32(25(21)34)16-7-5-15(29)6-8-16/h4-9,12,20-21,23H,1-3,10-11,13H2,(H,30,36)/t20-,21-,23+/m0/s1. The molecule has 4 heterocycles. The van der Waals surface area contributed by atoms with E-state index in [1.807, 2.05) is 6.07 Å². The van der Waals surface area contributed by atoms with Crippen LogP contribution in [0.15, 0.2) is 56.8 Å². The molecule has 0 unspecified atom stereocenters. The summed E-state index contributed by atoms with van der Waals surface area (Å²) in [5, 5.41) is -0.263. The molecule has 0 saturated carbocycles. The van der Waals surface area contributed by atoms with Crippen molar-refractivity contribution in [2.45, 2.75) is 35.5 Å². The number of amides is 3. The van der Waals surface area contributed by atoms with Crippen LogP contribution >= 0.6 is 39.0 Å². The fourth-order valence-electron chi connectivity index (χ4n) is 5.46. The van der Waals surface area contributed by atoms with Crippen LogP contribution in [0.2, 0.25) is 0 Å². The van der Waals surface area contributed by atoms with E-state index in [9.17, 15) is 23.6 Å². The SMILES string of the molecule is O=C(COc1ccc(Br)cc1[C@@H]1c2sc(=O)[nH]c2S[C@H]2C(=O)N(c3ccc(F)cc3)C(=O)[C@@H]12)N1CCCCC1. The number of hydrogen-bond acceptors (Lipinski definition) is 7. The number of anilines is 1. The summed E-state index contributed by atoms with van der Waals surface area (Å²) in [4.78, 5) is 58.8. The van der Waals surface area contributed by atoms with Gasteiger partial charge in [0.05, 0.1) is 16.6 Å². The van der Waals surface area contributed by atoms with Crippen LogP contribution in [0.5, 0.6) is 5.75 Å². The maximum Gasteiger partial charge on any atom is 0.305 e. The van der Waals surface area contributed by atoms with Crippen LogP contribution in [0.4, 0.5) is 10.1 Å². The van der Waals surface area contributed by atoms with Gasteiger partial charge in [0.2, 0.25) is 11.8 Å². The Morgan fingerprint density at radius 2 is 1.79 bits per heavy atom. The van der Waals surface area contributed by atoms with E-state index in [-0.39, 0.29) is 23.1 Å². The van der Waals surface area contributed by atoms with Crippen molar-refractivity contribution in [3.8, 4) is 5.75 Å². The number of piperidine rings is 1. The van der Waals surface area contributed by atoms with E-state index < -0.39 is 34.7 Å². The van der Waals surface area contributed by atoms with Crippen LogP contribution in [-0.2, 0) is 14.4 Å². The van der Waals surface area contributed by atoms with Gasteiger partial charge in [-0.05, 0) is 61.7 Å². The summed E-state index contributed by atoms with van der Waals surface area (Å²) in [5.74, 6) is -2.54. The van der Waals surface area contributed by atoms with Crippen LogP contribution in [0.25, 0.3) is 0 Å². The largest absolute Gasteiger partial charge is 0.483 e. The summed E-state index contributed by atoms with van der Waals surface area (Å²) in [6.45, 7) is 1.25. The third kappa shape index (κ3) is 4.82. The molecule has 202 valence electrons. The first kappa shape index (κ1) is 26.3. The van der Waals surface area contributed by atoms with E-state index in [0.29, 0.717) is 34.3 Å². The minimum absolute atomic E-state index is 0.109. The van der Waals surface area contributed by atoms with E-state index in [1.54, 1.807) is 17.0 Å². The predicted octanol–water partition coefficient (Wildman–Crippen LogP) is 4.53. The molecule has 0 bridgehead atoms. The number of imide groups is 1. The Labute approximate surface area is 239 Å². The van der Waals surface area contributed by atoms with Crippen molar-refractivity contribution in [1.82, 2.24) is 9.88 Å². The van der Waals surface area contributed by atoms with Gasteiger partial charge in [-0.15, -0.1) is 0 Å². The summed E-state index contributed by atoms with van der Waals surface area (Å²) in [7, 11) is 0. The van der Waals surface area contributed by atoms with Crippen molar-refractivity contribution in [2.75, 3.05) is 24.6 Å². The molecular formula is C27H23BrFN3O5S2. The van der Waals surface area contributed by atoms with Crippen molar-refractivity contribution in [3.05, 3.63) is 72.9 Å². The molecule has 2 saturated heterocycles. The van der Waals surface area contributed by atoms with Crippen molar-refractivity contribution in [2.24, 2.45) is 5.92 Å². The third-order valence-electron chi connectivity index (χ3n) is 7.28.